The van der Waals surface area contributed by atoms with Gasteiger partial charge in [0.15, 0.2) is 5.96 Å². The molecule has 2 N–H and O–H groups in total. The molecular weight excluding hydrogens is 499 g/mol. The molecule has 0 aromatic heterocycles. The molecule has 1 rings (SSSR count). The van der Waals surface area contributed by atoms with E-state index in [4.69, 9.17) is 16.3 Å². The molecule has 0 unspecified atom stereocenters. The van der Waals surface area contributed by atoms with E-state index in [1.54, 1.807) is 33.0 Å². The highest BCUT2D eigenvalue weighted by molar-refractivity contribution is 14.0. The minimum Gasteiger partial charge on any atom is -0.377 e. The highest BCUT2D eigenvalue weighted by atomic mass is 127. The number of methoxy groups -OCH3 is 1. The molecule has 0 fully saturated rings. The van der Waals surface area contributed by atoms with E-state index in [1.165, 1.54) is 4.90 Å². The second kappa shape index (κ2) is 13.5. The van der Waals surface area contributed by atoms with Crippen LogP contribution in [0, 0.1) is 0 Å². The zero-order valence-electron chi connectivity index (χ0n) is 16.5. The largest absolute Gasteiger partial charge is 0.377 e. The summed E-state index contributed by atoms with van der Waals surface area (Å²) in [4.78, 5) is 18.8. The van der Waals surface area contributed by atoms with Gasteiger partial charge in [0, 0.05) is 50.0 Å². The second-order valence-corrected chi connectivity index (χ2v) is 8.10. The smallest absolute Gasteiger partial charge is 0.243 e. The first-order chi connectivity index (χ1) is 12.2. The number of nitrogens with one attached hydrogen (secondary N) is 2. The predicted molar refractivity (Wildman–Crippen MR) is 126 cm³/mol. The van der Waals surface area contributed by atoms with Crippen LogP contribution in [-0.2, 0) is 9.53 Å². The quantitative estimate of drug-likeness (QED) is 0.170. The summed E-state index contributed by atoms with van der Waals surface area (Å²) < 4.78 is 5.41. The van der Waals surface area contributed by atoms with E-state index in [-0.39, 0.29) is 42.0 Å². The van der Waals surface area contributed by atoms with Crippen LogP contribution in [0.3, 0.4) is 0 Å². The first kappa shape index (κ1) is 26.3. The monoisotopic (exact) mass is 528 g/mol. The third-order valence-corrected chi connectivity index (χ3v) is 4.85. The Hall–Kier alpha value is -0.710. The molecule has 0 atom stereocenters. The van der Waals surface area contributed by atoms with Crippen LogP contribution < -0.4 is 10.6 Å². The first-order valence-electron chi connectivity index (χ1n) is 8.39. The minimum atomic E-state index is -0.327. The van der Waals surface area contributed by atoms with Crippen molar-refractivity contribution in [2.45, 2.75) is 24.3 Å². The lowest BCUT2D eigenvalue weighted by Gasteiger charge is -2.24. The fourth-order valence-corrected chi connectivity index (χ4v) is 2.59. The molecule has 0 bridgehead atoms. The van der Waals surface area contributed by atoms with Gasteiger partial charge in [0.1, 0.15) is 6.54 Å². The molecule has 0 aliphatic carbocycles. The maximum Gasteiger partial charge on any atom is 0.243 e. The van der Waals surface area contributed by atoms with Crippen molar-refractivity contribution < 1.29 is 9.53 Å². The maximum atomic E-state index is 11.8. The van der Waals surface area contributed by atoms with E-state index in [0.29, 0.717) is 19.0 Å². The van der Waals surface area contributed by atoms with Crippen LogP contribution in [0.4, 0.5) is 0 Å². The Morgan fingerprint density at radius 1 is 1.26 bits per heavy atom. The van der Waals surface area contributed by atoms with Crippen LogP contribution >= 0.6 is 47.3 Å². The van der Waals surface area contributed by atoms with Crippen molar-refractivity contribution >= 4 is 59.2 Å². The molecule has 0 saturated heterocycles. The summed E-state index contributed by atoms with van der Waals surface area (Å²) in [7, 11) is 5.11. The number of hydrogen-bond donors (Lipinski definition) is 2. The zero-order chi connectivity index (χ0) is 19.6. The number of hydrogen-bond acceptors (Lipinski definition) is 4. The highest BCUT2D eigenvalue weighted by Gasteiger charge is 2.16. The number of ether oxygens (including phenoxy) is 1. The lowest BCUT2D eigenvalue weighted by atomic mass is 10.1. The molecule has 1 amide bonds. The van der Waals surface area contributed by atoms with Gasteiger partial charge in [-0.2, -0.15) is 0 Å². The average Bonchev–Trinajstić information content (AvgIpc) is 2.61. The summed E-state index contributed by atoms with van der Waals surface area (Å²) in [5.41, 5.74) is -0.327. The van der Waals surface area contributed by atoms with Gasteiger partial charge in [0.05, 0.1) is 5.60 Å². The molecule has 0 aliphatic heterocycles. The van der Waals surface area contributed by atoms with Crippen LogP contribution in [-0.4, -0.2) is 69.0 Å². The van der Waals surface area contributed by atoms with Gasteiger partial charge in [-0.1, -0.05) is 11.6 Å². The number of nitrogens with zero attached hydrogens (tertiary/aromatic N) is 2. The molecular formula is C18H30ClIN4O2S. The van der Waals surface area contributed by atoms with Crippen LogP contribution in [0.2, 0.25) is 5.02 Å². The number of rotatable bonds is 9. The minimum absolute atomic E-state index is 0. The predicted octanol–water partition coefficient (Wildman–Crippen LogP) is 3.10. The molecule has 6 nitrogen and oxygen atoms in total. The molecule has 27 heavy (non-hydrogen) atoms. The van der Waals surface area contributed by atoms with Gasteiger partial charge in [-0.05, 0) is 38.1 Å². The normalized spacial score (nSPS) is 11.6. The fraction of sp³-hybridized carbons (Fsp3) is 0.556. The third-order valence-electron chi connectivity index (χ3n) is 3.58. The Morgan fingerprint density at radius 2 is 1.89 bits per heavy atom. The SMILES string of the molecule is COC(C)(C)CNC(=NCC(=O)N(C)C)NCCSc1ccc(Cl)cc1.I. The van der Waals surface area contributed by atoms with E-state index >= 15 is 0 Å². The van der Waals surface area contributed by atoms with E-state index in [9.17, 15) is 4.79 Å². The van der Waals surface area contributed by atoms with Crippen molar-refractivity contribution in [2.24, 2.45) is 4.99 Å². The summed E-state index contributed by atoms with van der Waals surface area (Å²) >= 11 is 7.62. The fourth-order valence-electron chi connectivity index (χ4n) is 1.70. The molecule has 9 heteroatoms. The number of guanidine groups is 1. The lowest BCUT2D eigenvalue weighted by Crippen LogP contribution is -2.46. The Balaban J connectivity index is 0.00000676. The molecule has 1 aromatic rings. The number of aliphatic imine (C=N–C) groups is 1. The van der Waals surface area contributed by atoms with Crippen molar-refractivity contribution in [1.82, 2.24) is 15.5 Å². The Kier molecular flexibility index (Phi) is 13.1. The summed E-state index contributed by atoms with van der Waals surface area (Å²) in [6.07, 6.45) is 0. The Morgan fingerprint density at radius 3 is 2.44 bits per heavy atom. The van der Waals surface area contributed by atoms with Crippen molar-refractivity contribution in [2.75, 3.05) is 46.6 Å². The number of carbonyl (C=O) groups is 1. The van der Waals surface area contributed by atoms with Crippen LogP contribution in [0.5, 0.6) is 0 Å². The Bertz CT molecular complexity index is 598. The van der Waals surface area contributed by atoms with Gasteiger partial charge in [-0.25, -0.2) is 4.99 Å². The van der Waals surface area contributed by atoms with Gasteiger partial charge in [-0.3, -0.25) is 4.79 Å². The van der Waals surface area contributed by atoms with Gasteiger partial charge < -0.3 is 20.3 Å². The molecule has 0 heterocycles. The Labute approximate surface area is 188 Å². The topological polar surface area (TPSA) is 66.0 Å². The van der Waals surface area contributed by atoms with E-state index in [2.05, 4.69) is 15.6 Å². The lowest BCUT2D eigenvalue weighted by molar-refractivity contribution is -0.127. The van der Waals surface area contributed by atoms with E-state index in [1.807, 2.05) is 38.1 Å². The van der Waals surface area contributed by atoms with Gasteiger partial charge in [-0.15, -0.1) is 35.7 Å². The van der Waals surface area contributed by atoms with Crippen molar-refractivity contribution in [3.63, 3.8) is 0 Å². The number of benzene rings is 1. The average molecular weight is 529 g/mol. The maximum absolute atomic E-state index is 11.8. The number of likely N-dealkylation sites (N-methyl/N-ethyl adjacent to an activating group) is 1. The molecule has 0 spiro atoms. The number of halogens is 2. The number of amides is 1. The van der Waals surface area contributed by atoms with Crippen molar-refractivity contribution in [1.29, 1.82) is 0 Å². The van der Waals surface area contributed by atoms with Gasteiger partial charge in [0.2, 0.25) is 5.91 Å². The van der Waals surface area contributed by atoms with Crippen molar-refractivity contribution in [3.8, 4) is 0 Å². The van der Waals surface area contributed by atoms with Crippen LogP contribution in [0.15, 0.2) is 34.2 Å². The van der Waals surface area contributed by atoms with Gasteiger partial charge >= 0.3 is 0 Å². The number of thioether (sulfide) groups is 1. The van der Waals surface area contributed by atoms with E-state index < -0.39 is 0 Å². The zero-order valence-corrected chi connectivity index (χ0v) is 20.4. The number of carbonyl (C=O) groups excluding carboxylic acids is 1. The highest BCUT2D eigenvalue weighted by Crippen LogP contribution is 2.19. The molecule has 0 saturated carbocycles. The molecule has 0 radical (unpaired) electrons. The summed E-state index contributed by atoms with van der Waals surface area (Å²) in [5, 5.41) is 7.22. The summed E-state index contributed by atoms with van der Waals surface area (Å²) in [5.74, 6) is 1.41. The van der Waals surface area contributed by atoms with Crippen molar-refractivity contribution in [3.05, 3.63) is 29.3 Å². The standard InChI is InChI=1S/C18H29ClN4O2S.HI/c1-18(2,25-5)13-22-17(21-12-16(24)23(3)4)20-10-11-26-15-8-6-14(19)7-9-15;/h6-9H,10-13H2,1-5H3,(H2,20,21,22);1H. The molecule has 0 aliphatic rings. The molecule has 154 valence electrons. The van der Waals surface area contributed by atoms with Gasteiger partial charge in [0.25, 0.3) is 0 Å². The van der Waals surface area contributed by atoms with Crippen LogP contribution in [0.25, 0.3) is 0 Å². The first-order valence-corrected chi connectivity index (χ1v) is 9.76. The third kappa shape index (κ3) is 11.7. The summed E-state index contributed by atoms with van der Waals surface area (Å²) in [6.45, 7) is 5.36. The van der Waals surface area contributed by atoms with E-state index in [0.717, 1.165) is 15.7 Å². The summed E-state index contributed by atoms with van der Waals surface area (Å²) in [6, 6.07) is 7.76. The van der Waals surface area contributed by atoms with Crippen LogP contribution in [0.1, 0.15) is 13.8 Å². The second-order valence-electron chi connectivity index (χ2n) is 6.50. The molecule has 1 aromatic carbocycles.